The number of anilines is 3. The van der Waals surface area contributed by atoms with Crippen LogP contribution in [0.2, 0.25) is 0 Å². The molecular formula is C44H27NO2. The minimum absolute atomic E-state index is 0.866. The number of para-hydroxylation sites is 2. The standard InChI is InChI=1S/C44H27NO2/c1-2-11-31-27-33(25-19-28(31)9-1)45(39-16-7-15-36-37-26-22-29-10-3-4-12-35(29)43(37)47-44(36)39)32-23-20-30(21-24-32)34-14-8-18-41-42(34)38-13-5-6-17-40(38)46-41/h1-27H. The third kappa shape index (κ3) is 4.00. The van der Waals surface area contributed by atoms with Crippen molar-refractivity contribution in [1.29, 1.82) is 0 Å². The summed E-state index contributed by atoms with van der Waals surface area (Å²) in [6.07, 6.45) is 0. The number of benzene rings is 8. The van der Waals surface area contributed by atoms with Crippen LogP contribution in [0.3, 0.4) is 0 Å². The maximum atomic E-state index is 6.83. The van der Waals surface area contributed by atoms with E-state index in [-0.39, 0.29) is 0 Å². The monoisotopic (exact) mass is 601 g/mol. The van der Waals surface area contributed by atoms with Gasteiger partial charge in [-0.1, -0.05) is 115 Å². The van der Waals surface area contributed by atoms with E-state index in [1.165, 1.54) is 16.2 Å². The Kier molecular flexibility index (Phi) is 5.57. The molecule has 220 valence electrons. The Balaban J connectivity index is 1.19. The van der Waals surface area contributed by atoms with Gasteiger partial charge in [0.2, 0.25) is 0 Å². The number of fused-ring (bicyclic) bond motifs is 9. The van der Waals surface area contributed by atoms with Gasteiger partial charge in [0.1, 0.15) is 16.7 Å². The minimum Gasteiger partial charge on any atom is -0.456 e. The molecule has 8 aromatic carbocycles. The average molecular weight is 602 g/mol. The Morgan fingerprint density at radius 1 is 0.383 bits per heavy atom. The van der Waals surface area contributed by atoms with E-state index in [1.807, 2.05) is 18.2 Å². The van der Waals surface area contributed by atoms with Gasteiger partial charge in [0, 0.05) is 38.3 Å². The molecule has 0 atom stereocenters. The van der Waals surface area contributed by atoms with Crippen LogP contribution < -0.4 is 4.90 Å². The first kappa shape index (κ1) is 26.0. The van der Waals surface area contributed by atoms with E-state index in [4.69, 9.17) is 8.83 Å². The second-order valence-electron chi connectivity index (χ2n) is 12.1. The summed E-state index contributed by atoms with van der Waals surface area (Å²) in [7, 11) is 0. The molecule has 3 heteroatoms. The minimum atomic E-state index is 0.866. The fourth-order valence-electron chi connectivity index (χ4n) is 7.24. The van der Waals surface area contributed by atoms with Gasteiger partial charge < -0.3 is 13.7 Å². The van der Waals surface area contributed by atoms with Crippen LogP contribution in [0.15, 0.2) is 173 Å². The molecule has 2 heterocycles. The normalized spacial score (nSPS) is 11.8. The largest absolute Gasteiger partial charge is 0.456 e. The maximum absolute atomic E-state index is 6.83. The fourth-order valence-corrected chi connectivity index (χ4v) is 7.24. The zero-order valence-corrected chi connectivity index (χ0v) is 25.4. The third-order valence-electron chi connectivity index (χ3n) is 9.44. The predicted molar refractivity (Wildman–Crippen MR) is 196 cm³/mol. The summed E-state index contributed by atoms with van der Waals surface area (Å²) >= 11 is 0. The average Bonchev–Trinajstić information content (AvgIpc) is 3.71. The molecule has 0 aliphatic heterocycles. The number of rotatable bonds is 4. The quantitative estimate of drug-likeness (QED) is 0.201. The van der Waals surface area contributed by atoms with E-state index in [2.05, 4.69) is 150 Å². The number of nitrogens with zero attached hydrogens (tertiary/aromatic N) is 1. The van der Waals surface area contributed by atoms with E-state index < -0.39 is 0 Å². The molecule has 0 unspecified atom stereocenters. The lowest BCUT2D eigenvalue weighted by molar-refractivity contribution is 0.669. The molecule has 0 aliphatic rings. The van der Waals surface area contributed by atoms with Gasteiger partial charge in [0.25, 0.3) is 0 Å². The van der Waals surface area contributed by atoms with Gasteiger partial charge in [-0.25, -0.2) is 0 Å². The molecule has 0 saturated carbocycles. The molecule has 0 bridgehead atoms. The topological polar surface area (TPSA) is 29.5 Å². The first-order valence-electron chi connectivity index (χ1n) is 15.9. The van der Waals surface area contributed by atoms with Crippen LogP contribution in [-0.2, 0) is 0 Å². The second-order valence-corrected chi connectivity index (χ2v) is 12.1. The van der Waals surface area contributed by atoms with Crippen LogP contribution in [-0.4, -0.2) is 0 Å². The lowest BCUT2D eigenvalue weighted by Gasteiger charge is -2.26. The smallest absolute Gasteiger partial charge is 0.159 e. The molecule has 2 aromatic heterocycles. The Bertz CT molecular complexity index is 2800. The van der Waals surface area contributed by atoms with Gasteiger partial charge in [-0.05, 0) is 75.8 Å². The van der Waals surface area contributed by atoms with Crippen LogP contribution >= 0.6 is 0 Å². The van der Waals surface area contributed by atoms with Gasteiger partial charge in [-0.3, -0.25) is 0 Å². The maximum Gasteiger partial charge on any atom is 0.159 e. The lowest BCUT2D eigenvalue weighted by Crippen LogP contribution is -2.10. The van der Waals surface area contributed by atoms with E-state index in [1.54, 1.807) is 0 Å². The van der Waals surface area contributed by atoms with Gasteiger partial charge in [-0.15, -0.1) is 0 Å². The van der Waals surface area contributed by atoms with Crippen LogP contribution in [0.25, 0.3) is 76.5 Å². The first-order valence-corrected chi connectivity index (χ1v) is 15.9. The predicted octanol–water partition coefficient (Wildman–Crippen LogP) is 12.9. The Hall–Kier alpha value is -6.32. The Morgan fingerprint density at radius 3 is 1.94 bits per heavy atom. The van der Waals surface area contributed by atoms with Crippen molar-refractivity contribution in [3.63, 3.8) is 0 Å². The van der Waals surface area contributed by atoms with Gasteiger partial charge in [0.05, 0.1) is 5.69 Å². The van der Waals surface area contributed by atoms with Crippen molar-refractivity contribution in [1.82, 2.24) is 0 Å². The van der Waals surface area contributed by atoms with Crippen molar-refractivity contribution in [2.75, 3.05) is 4.90 Å². The molecule has 0 aliphatic carbocycles. The molecule has 10 aromatic rings. The third-order valence-corrected chi connectivity index (χ3v) is 9.44. The molecule has 3 nitrogen and oxygen atoms in total. The first-order chi connectivity index (χ1) is 23.3. The fraction of sp³-hybridized carbons (Fsp3) is 0. The van der Waals surface area contributed by atoms with Crippen molar-refractivity contribution >= 4 is 82.5 Å². The molecule has 0 radical (unpaired) electrons. The molecule has 0 fully saturated rings. The number of hydrogen-bond acceptors (Lipinski definition) is 3. The van der Waals surface area contributed by atoms with Gasteiger partial charge >= 0.3 is 0 Å². The molecule has 0 spiro atoms. The highest BCUT2D eigenvalue weighted by Crippen LogP contribution is 2.45. The summed E-state index contributed by atoms with van der Waals surface area (Å²) in [5.41, 5.74) is 8.98. The van der Waals surface area contributed by atoms with E-state index >= 15 is 0 Å². The van der Waals surface area contributed by atoms with Gasteiger partial charge in [0.15, 0.2) is 5.58 Å². The molecular weight excluding hydrogens is 574 g/mol. The molecule has 10 rings (SSSR count). The van der Waals surface area contributed by atoms with E-state index in [0.29, 0.717) is 0 Å². The molecule has 0 amide bonds. The van der Waals surface area contributed by atoms with Crippen molar-refractivity contribution < 1.29 is 8.83 Å². The van der Waals surface area contributed by atoms with E-state index in [0.717, 1.165) is 77.5 Å². The molecule has 0 N–H and O–H groups in total. The van der Waals surface area contributed by atoms with Crippen molar-refractivity contribution in [2.45, 2.75) is 0 Å². The Labute approximate surface area is 270 Å². The Morgan fingerprint density at radius 2 is 1.04 bits per heavy atom. The van der Waals surface area contributed by atoms with Crippen molar-refractivity contribution in [2.24, 2.45) is 0 Å². The van der Waals surface area contributed by atoms with Crippen LogP contribution in [0, 0.1) is 0 Å². The van der Waals surface area contributed by atoms with Crippen LogP contribution in [0.1, 0.15) is 0 Å². The van der Waals surface area contributed by atoms with Crippen LogP contribution in [0.5, 0.6) is 0 Å². The van der Waals surface area contributed by atoms with Crippen molar-refractivity contribution in [3.05, 3.63) is 164 Å². The summed E-state index contributed by atoms with van der Waals surface area (Å²) in [5, 5.41) is 9.18. The highest BCUT2D eigenvalue weighted by Gasteiger charge is 2.21. The molecule has 0 saturated heterocycles. The lowest BCUT2D eigenvalue weighted by atomic mass is 9.99. The van der Waals surface area contributed by atoms with Crippen LogP contribution in [0.4, 0.5) is 17.1 Å². The second kappa shape index (κ2) is 10.1. The zero-order chi connectivity index (χ0) is 30.9. The van der Waals surface area contributed by atoms with E-state index in [9.17, 15) is 0 Å². The van der Waals surface area contributed by atoms with Crippen molar-refractivity contribution in [3.8, 4) is 11.1 Å². The summed E-state index contributed by atoms with van der Waals surface area (Å²) in [4.78, 5) is 2.32. The number of hydrogen-bond donors (Lipinski definition) is 0. The highest BCUT2D eigenvalue weighted by molar-refractivity contribution is 6.18. The number of furan rings is 2. The highest BCUT2D eigenvalue weighted by atomic mass is 16.3. The molecule has 47 heavy (non-hydrogen) atoms. The summed E-state index contributed by atoms with van der Waals surface area (Å²) in [6, 6.07) is 57.8. The van der Waals surface area contributed by atoms with Gasteiger partial charge in [-0.2, -0.15) is 0 Å². The SMILES string of the molecule is c1ccc2cc(N(c3ccc(-c4cccc5oc6ccccc6c45)cc3)c3cccc4c3oc3c5ccccc5ccc43)ccc2c1. The summed E-state index contributed by atoms with van der Waals surface area (Å²) in [6.45, 7) is 0. The summed E-state index contributed by atoms with van der Waals surface area (Å²) < 4.78 is 13.0. The zero-order valence-electron chi connectivity index (χ0n) is 25.4. The summed E-state index contributed by atoms with van der Waals surface area (Å²) in [5.74, 6) is 0.